The minimum atomic E-state index is -2.34. The minimum Gasteiger partial charge on any atom is -0.446 e. The number of fused-ring (bicyclic) bond motifs is 2. The average Bonchev–Trinajstić information content (AvgIpc) is 3.42. The lowest BCUT2D eigenvalue weighted by atomic mass is 9.66. The highest BCUT2D eigenvalue weighted by Crippen LogP contribution is 2.66. The van der Waals surface area contributed by atoms with E-state index in [1.54, 1.807) is 7.11 Å². The number of carbonyl (C=O) groups excluding carboxylic acids is 2. The molecule has 3 aliphatic rings. The lowest BCUT2D eigenvalue weighted by Crippen LogP contribution is -2.54. The van der Waals surface area contributed by atoms with Gasteiger partial charge in [-0.1, -0.05) is 71.1 Å². The molecule has 3 fully saturated rings. The van der Waals surface area contributed by atoms with Crippen LogP contribution >= 0.6 is 22.6 Å². The summed E-state index contributed by atoms with van der Waals surface area (Å²) in [6.45, 7) is 21.0. The molecule has 1 aliphatic heterocycles. The van der Waals surface area contributed by atoms with Crippen molar-refractivity contribution in [3.8, 4) is 0 Å². The van der Waals surface area contributed by atoms with Crippen molar-refractivity contribution in [2.24, 2.45) is 28.6 Å². The predicted molar refractivity (Wildman–Crippen MR) is 149 cm³/mol. The molecular formula is C27H47IO7Si. The number of hydrogen-bond donors (Lipinski definition) is 0. The summed E-state index contributed by atoms with van der Waals surface area (Å²) in [7, 11) is -0.723. The predicted octanol–water partition coefficient (Wildman–Crippen LogP) is 6.08. The van der Waals surface area contributed by atoms with Gasteiger partial charge in [0.1, 0.15) is 6.79 Å². The summed E-state index contributed by atoms with van der Waals surface area (Å²) in [4.78, 5) is 26.8. The van der Waals surface area contributed by atoms with Crippen molar-refractivity contribution < 1.29 is 33.0 Å². The molecule has 2 aliphatic carbocycles. The van der Waals surface area contributed by atoms with E-state index in [4.69, 9.17) is 23.4 Å². The van der Waals surface area contributed by atoms with E-state index in [2.05, 4.69) is 63.4 Å². The molecule has 7 nitrogen and oxygen atoms in total. The van der Waals surface area contributed by atoms with Gasteiger partial charge in [0.25, 0.3) is 0 Å². The van der Waals surface area contributed by atoms with Gasteiger partial charge < -0.3 is 23.4 Å². The van der Waals surface area contributed by atoms with E-state index < -0.39 is 37.0 Å². The number of ether oxygens (including phenoxy) is 4. The van der Waals surface area contributed by atoms with Gasteiger partial charge >= 0.3 is 11.9 Å². The highest BCUT2D eigenvalue weighted by atomic mass is 127. The van der Waals surface area contributed by atoms with Crippen LogP contribution in [0.4, 0.5) is 0 Å². The SMILES string of the molecule is COCO[C@H]([C@@H](C)[C@H]1C[C@H]1I)[C@H](C)C(OC(=O)[C@@]12CC[C@@](C)(C(=O)O1)C2(C)C)O[Si](C)(C)C(C)(C)C. The van der Waals surface area contributed by atoms with Crippen LogP contribution in [0.5, 0.6) is 0 Å². The third kappa shape index (κ3) is 4.93. The van der Waals surface area contributed by atoms with Crippen LogP contribution < -0.4 is 0 Å². The quantitative estimate of drug-likeness (QED) is 0.0892. The molecule has 9 heteroatoms. The third-order valence-corrected chi connectivity index (χ3v) is 16.0. The second-order valence-corrected chi connectivity index (χ2v) is 19.9. The molecule has 36 heavy (non-hydrogen) atoms. The van der Waals surface area contributed by atoms with Crippen LogP contribution in [0.2, 0.25) is 18.1 Å². The molecule has 0 aromatic rings. The Morgan fingerprint density at radius 3 is 2.19 bits per heavy atom. The number of alkyl halides is 1. The molecule has 1 saturated heterocycles. The molecule has 2 bridgehead atoms. The fourth-order valence-corrected chi connectivity index (χ4v) is 8.10. The van der Waals surface area contributed by atoms with E-state index in [9.17, 15) is 9.59 Å². The number of halogens is 1. The van der Waals surface area contributed by atoms with Gasteiger partial charge in [-0.2, -0.15) is 0 Å². The van der Waals surface area contributed by atoms with Crippen molar-refractivity contribution in [3.63, 3.8) is 0 Å². The molecule has 208 valence electrons. The number of carbonyl (C=O) groups is 2. The highest BCUT2D eigenvalue weighted by Gasteiger charge is 2.76. The first kappa shape index (κ1) is 30.3. The largest absolute Gasteiger partial charge is 0.446 e. The molecule has 1 unspecified atom stereocenters. The van der Waals surface area contributed by atoms with Gasteiger partial charge in [0, 0.05) is 22.4 Å². The van der Waals surface area contributed by atoms with E-state index in [-0.39, 0.29) is 35.7 Å². The van der Waals surface area contributed by atoms with E-state index in [0.717, 1.165) is 6.42 Å². The Bertz CT molecular complexity index is 856. The summed E-state index contributed by atoms with van der Waals surface area (Å²) in [5.41, 5.74) is -2.68. The number of esters is 2. The summed E-state index contributed by atoms with van der Waals surface area (Å²) >= 11 is 2.49. The molecule has 0 radical (unpaired) electrons. The number of methoxy groups -OCH3 is 1. The fraction of sp³-hybridized carbons (Fsp3) is 0.926. The maximum Gasteiger partial charge on any atom is 0.353 e. The van der Waals surface area contributed by atoms with Crippen molar-refractivity contribution in [3.05, 3.63) is 0 Å². The van der Waals surface area contributed by atoms with E-state index in [1.807, 2.05) is 27.7 Å². The Hall–Kier alpha value is -0.233. The van der Waals surface area contributed by atoms with Gasteiger partial charge in [0.05, 0.1) is 11.5 Å². The zero-order chi connectivity index (χ0) is 27.5. The van der Waals surface area contributed by atoms with Crippen LogP contribution in [-0.4, -0.2) is 56.1 Å². The smallest absolute Gasteiger partial charge is 0.353 e. The maximum atomic E-state index is 14.0. The van der Waals surface area contributed by atoms with Crippen LogP contribution in [0.1, 0.15) is 74.7 Å². The monoisotopic (exact) mass is 638 g/mol. The summed E-state index contributed by atoms with van der Waals surface area (Å²) in [6, 6.07) is 0. The molecule has 0 amide bonds. The van der Waals surface area contributed by atoms with Gasteiger partial charge in [-0.15, -0.1) is 0 Å². The van der Waals surface area contributed by atoms with Gasteiger partial charge in [0.2, 0.25) is 5.60 Å². The first-order valence-corrected chi connectivity index (χ1v) is 17.4. The van der Waals surface area contributed by atoms with Crippen molar-refractivity contribution in [2.75, 3.05) is 13.9 Å². The molecule has 1 heterocycles. The highest BCUT2D eigenvalue weighted by molar-refractivity contribution is 14.1. The topological polar surface area (TPSA) is 80.3 Å². The van der Waals surface area contributed by atoms with Gasteiger partial charge in [-0.3, -0.25) is 4.79 Å². The van der Waals surface area contributed by atoms with Gasteiger partial charge in [-0.25, -0.2) is 4.79 Å². The zero-order valence-electron chi connectivity index (χ0n) is 24.0. The van der Waals surface area contributed by atoms with Crippen LogP contribution in [-0.2, 0) is 33.0 Å². The Balaban J connectivity index is 1.93. The summed E-state index contributed by atoms with van der Waals surface area (Å²) < 4.78 is 31.0. The molecule has 0 N–H and O–H groups in total. The van der Waals surface area contributed by atoms with Crippen molar-refractivity contribution in [1.82, 2.24) is 0 Å². The average molecular weight is 639 g/mol. The summed E-state index contributed by atoms with van der Waals surface area (Å²) in [5, 5.41) is -0.0843. The molecule has 2 saturated carbocycles. The Morgan fingerprint density at radius 1 is 1.19 bits per heavy atom. The molecular weight excluding hydrogens is 591 g/mol. The molecule has 0 aromatic heterocycles. The van der Waals surface area contributed by atoms with Crippen molar-refractivity contribution in [1.29, 1.82) is 0 Å². The standard InChI is InChI=1S/C27H47IO7Si/c1-16(18-14-19(18)28)20(32-15-31-9)17(2)21(35-36(10,11)24(3,4)5)33-23(30)27-13-12-26(8,22(29)34-27)25(27,6)7/h16-21H,12-15H2,1-11H3/t16-,17-,18+,19+,20+,21?,26-,27+/m0/s1. The summed E-state index contributed by atoms with van der Waals surface area (Å²) in [6.07, 6.45) is 1.17. The van der Waals surface area contributed by atoms with E-state index in [1.165, 1.54) is 0 Å². The van der Waals surface area contributed by atoms with Crippen LogP contribution in [0.25, 0.3) is 0 Å². The fourth-order valence-electron chi connectivity index (χ4n) is 5.66. The molecule has 3 rings (SSSR count). The van der Waals surface area contributed by atoms with Crippen LogP contribution in [0, 0.1) is 28.6 Å². The normalized spacial score (nSPS) is 34.6. The first-order chi connectivity index (χ1) is 16.4. The van der Waals surface area contributed by atoms with Gasteiger partial charge in [-0.05, 0) is 56.2 Å². The van der Waals surface area contributed by atoms with Crippen LogP contribution in [0.3, 0.4) is 0 Å². The van der Waals surface area contributed by atoms with Crippen molar-refractivity contribution >= 4 is 42.8 Å². The zero-order valence-corrected chi connectivity index (χ0v) is 27.2. The van der Waals surface area contributed by atoms with Crippen molar-refractivity contribution in [2.45, 2.75) is 115 Å². The van der Waals surface area contributed by atoms with E-state index >= 15 is 0 Å². The number of rotatable bonds is 11. The Kier molecular flexibility index (Phi) is 8.47. The number of hydrogen-bond acceptors (Lipinski definition) is 7. The van der Waals surface area contributed by atoms with E-state index in [0.29, 0.717) is 22.7 Å². The Morgan fingerprint density at radius 2 is 1.78 bits per heavy atom. The third-order valence-electron chi connectivity index (χ3n) is 10.1. The minimum absolute atomic E-state index is 0.0843. The Labute approximate surface area is 232 Å². The molecule has 0 aromatic carbocycles. The second-order valence-electron chi connectivity index (χ2n) is 13.5. The molecule has 8 atom stereocenters. The second kappa shape index (κ2) is 10.1. The lowest BCUT2D eigenvalue weighted by molar-refractivity contribution is -0.215. The van der Waals surface area contributed by atoms with Gasteiger partial charge in [0.15, 0.2) is 14.6 Å². The van der Waals surface area contributed by atoms with Crippen LogP contribution in [0.15, 0.2) is 0 Å². The first-order valence-electron chi connectivity index (χ1n) is 13.2. The summed E-state index contributed by atoms with van der Waals surface area (Å²) in [5.74, 6) is -0.281. The molecule has 0 spiro atoms. The maximum absolute atomic E-state index is 14.0. The lowest BCUT2D eigenvalue weighted by Gasteiger charge is -2.43.